The molecule has 5 nitrogen and oxygen atoms in total. The zero-order valence-corrected chi connectivity index (χ0v) is 19.5. The molecule has 1 aliphatic rings. The maximum Gasteiger partial charge on any atom is 0.191 e. The average Bonchev–Trinajstić information content (AvgIpc) is 3.18. The highest BCUT2D eigenvalue weighted by molar-refractivity contribution is 14.0. The summed E-state index contributed by atoms with van der Waals surface area (Å²) in [7, 11) is 0. The minimum Gasteiger partial charge on any atom is -0.367 e. The number of anilines is 1. The number of hydrogen-bond acceptors (Lipinski definition) is 4. The van der Waals surface area contributed by atoms with Crippen LogP contribution in [-0.2, 0) is 12.8 Å². The Bertz CT molecular complexity index is 745. The summed E-state index contributed by atoms with van der Waals surface area (Å²) in [6.45, 7) is 9.97. The molecule has 0 bridgehead atoms. The van der Waals surface area contributed by atoms with E-state index in [4.69, 9.17) is 0 Å². The third-order valence-electron chi connectivity index (χ3n) is 4.60. The average molecular weight is 499 g/mol. The summed E-state index contributed by atoms with van der Waals surface area (Å²) in [4.78, 5) is 12.8. The van der Waals surface area contributed by atoms with Crippen LogP contribution in [0.3, 0.4) is 0 Å². The van der Waals surface area contributed by atoms with Gasteiger partial charge >= 0.3 is 0 Å². The molecule has 1 unspecified atom stereocenters. The number of aryl methyl sites for hydroxylation is 1. The van der Waals surface area contributed by atoms with Gasteiger partial charge in [0.1, 0.15) is 0 Å². The van der Waals surface area contributed by atoms with Gasteiger partial charge in [-0.2, -0.15) is 0 Å². The van der Waals surface area contributed by atoms with E-state index >= 15 is 0 Å². The van der Waals surface area contributed by atoms with E-state index in [0.717, 1.165) is 50.0 Å². The van der Waals surface area contributed by atoms with Gasteiger partial charge in [-0.05, 0) is 38.8 Å². The lowest BCUT2D eigenvalue weighted by atomic mass is 10.1. The Labute approximate surface area is 183 Å². The van der Waals surface area contributed by atoms with Gasteiger partial charge in [0.15, 0.2) is 5.96 Å². The second-order valence-corrected chi connectivity index (χ2v) is 8.00. The molecule has 2 N–H and O–H groups in total. The van der Waals surface area contributed by atoms with E-state index in [1.807, 2.05) is 6.20 Å². The highest BCUT2D eigenvalue weighted by Crippen LogP contribution is 2.31. The summed E-state index contributed by atoms with van der Waals surface area (Å²) in [6.07, 6.45) is 3.96. The number of hydrogen-bond donors (Lipinski definition) is 2. The zero-order valence-electron chi connectivity index (χ0n) is 16.4. The molecule has 1 aromatic carbocycles. The first-order valence-corrected chi connectivity index (χ1v) is 10.3. The van der Waals surface area contributed by atoms with Gasteiger partial charge in [-0.25, -0.2) is 4.98 Å². The van der Waals surface area contributed by atoms with Crippen molar-refractivity contribution in [3.8, 4) is 0 Å². The third-order valence-corrected chi connectivity index (χ3v) is 5.58. The van der Waals surface area contributed by atoms with Crippen molar-refractivity contribution in [1.82, 2.24) is 15.6 Å². The minimum atomic E-state index is 0. The predicted octanol–water partition coefficient (Wildman–Crippen LogP) is 3.62. The Morgan fingerprint density at radius 3 is 2.89 bits per heavy atom. The lowest BCUT2D eigenvalue weighted by molar-refractivity contribution is 0.656. The molecule has 0 aliphatic carbocycles. The van der Waals surface area contributed by atoms with Gasteiger partial charge in [0, 0.05) is 55.4 Å². The zero-order chi connectivity index (χ0) is 18.4. The van der Waals surface area contributed by atoms with Crippen molar-refractivity contribution in [1.29, 1.82) is 0 Å². The maximum absolute atomic E-state index is 4.69. The number of aliphatic imine (C=N–C) groups is 1. The van der Waals surface area contributed by atoms with Gasteiger partial charge in [-0.15, -0.1) is 35.3 Å². The molecule has 148 valence electrons. The van der Waals surface area contributed by atoms with Gasteiger partial charge in [0.2, 0.25) is 0 Å². The maximum atomic E-state index is 4.69. The van der Waals surface area contributed by atoms with Crippen LogP contribution in [0.15, 0.2) is 35.5 Å². The molecule has 7 heteroatoms. The number of fused-ring (bicyclic) bond motifs is 1. The topological polar surface area (TPSA) is 52.6 Å². The first kappa shape index (κ1) is 21.9. The number of thiazole rings is 1. The number of para-hydroxylation sites is 1. The molecule has 1 aromatic heterocycles. The van der Waals surface area contributed by atoms with Crippen molar-refractivity contribution in [2.75, 3.05) is 31.1 Å². The van der Waals surface area contributed by atoms with Crippen LogP contribution >= 0.6 is 35.3 Å². The predicted molar refractivity (Wildman–Crippen MR) is 127 cm³/mol. The molecule has 0 saturated carbocycles. The van der Waals surface area contributed by atoms with Crippen molar-refractivity contribution in [2.24, 2.45) is 4.99 Å². The summed E-state index contributed by atoms with van der Waals surface area (Å²) >= 11 is 1.75. The summed E-state index contributed by atoms with van der Waals surface area (Å²) in [5.41, 5.74) is 2.84. The van der Waals surface area contributed by atoms with Crippen LogP contribution in [0.1, 0.15) is 29.3 Å². The SMILES string of the molecule is CCNC(=NCCc1ncc(C)s1)NCCN1c2ccccc2CC1C.I. The first-order valence-electron chi connectivity index (χ1n) is 9.45. The molecule has 27 heavy (non-hydrogen) atoms. The van der Waals surface area contributed by atoms with Crippen molar-refractivity contribution < 1.29 is 0 Å². The molecule has 0 saturated heterocycles. The largest absolute Gasteiger partial charge is 0.367 e. The van der Waals surface area contributed by atoms with Crippen LogP contribution < -0.4 is 15.5 Å². The van der Waals surface area contributed by atoms with Crippen LogP contribution in [0.2, 0.25) is 0 Å². The summed E-state index contributed by atoms with van der Waals surface area (Å²) in [5, 5.41) is 7.96. The van der Waals surface area contributed by atoms with Crippen molar-refractivity contribution in [3.63, 3.8) is 0 Å². The Balaban J connectivity index is 0.00000261. The number of benzene rings is 1. The number of aromatic nitrogens is 1. The lowest BCUT2D eigenvalue weighted by Crippen LogP contribution is -2.43. The second kappa shape index (κ2) is 10.8. The van der Waals surface area contributed by atoms with Gasteiger partial charge in [-0.1, -0.05) is 18.2 Å². The highest BCUT2D eigenvalue weighted by Gasteiger charge is 2.24. The molecule has 0 amide bonds. The van der Waals surface area contributed by atoms with Crippen molar-refractivity contribution >= 4 is 47.0 Å². The van der Waals surface area contributed by atoms with E-state index in [1.54, 1.807) is 11.3 Å². The second-order valence-electron chi connectivity index (χ2n) is 6.68. The summed E-state index contributed by atoms with van der Waals surface area (Å²) in [6, 6.07) is 9.29. The van der Waals surface area contributed by atoms with E-state index in [2.05, 4.69) is 70.5 Å². The summed E-state index contributed by atoms with van der Waals surface area (Å²) < 4.78 is 0. The van der Waals surface area contributed by atoms with Gasteiger partial charge in [0.25, 0.3) is 0 Å². The van der Waals surface area contributed by atoms with Crippen molar-refractivity contribution in [3.05, 3.63) is 45.9 Å². The first-order chi connectivity index (χ1) is 12.7. The van der Waals surface area contributed by atoms with Crippen LogP contribution in [0.5, 0.6) is 0 Å². The molecule has 1 aliphatic heterocycles. The molecule has 0 spiro atoms. The molecule has 1 atom stereocenters. The quantitative estimate of drug-likeness (QED) is 0.347. The molecular weight excluding hydrogens is 469 g/mol. The van der Waals surface area contributed by atoms with Gasteiger partial charge < -0.3 is 15.5 Å². The molecular formula is C20H30IN5S. The molecule has 2 heterocycles. The van der Waals surface area contributed by atoms with E-state index < -0.39 is 0 Å². The number of guanidine groups is 1. The Morgan fingerprint density at radius 2 is 2.15 bits per heavy atom. The van der Waals surface area contributed by atoms with E-state index in [1.165, 1.54) is 16.1 Å². The Kier molecular flexibility index (Phi) is 8.82. The van der Waals surface area contributed by atoms with E-state index in [-0.39, 0.29) is 24.0 Å². The lowest BCUT2D eigenvalue weighted by Gasteiger charge is -2.25. The normalized spacial score (nSPS) is 16.0. The Hall–Kier alpha value is -1.35. The molecule has 3 rings (SSSR count). The van der Waals surface area contributed by atoms with Crippen LogP contribution in [0.4, 0.5) is 5.69 Å². The van der Waals surface area contributed by atoms with Gasteiger partial charge in [-0.3, -0.25) is 4.99 Å². The fourth-order valence-corrected chi connectivity index (χ4v) is 4.16. The minimum absolute atomic E-state index is 0. The van der Waals surface area contributed by atoms with Crippen LogP contribution in [-0.4, -0.2) is 43.2 Å². The number of halogens is 1. The molecule has 0 radical (unpaired) electrons. The van der Waals surface area contributed by atoms with E-state index in [9.17, 15) is 0 Å². The number of rotatable bonds is 7. The fourth-order valence-electron chi connectivity index (χ4n) is 3.39. The van der Waals surface area contributed by atoms with Crippen LogP contribution in [0.25, 0.3) is 0 Å². The molecule has 2 aromatic rings. The van der Waals surface area contributed by atoms with Crippen molar-refractivity contribution in [2.45, 2.75) is 39.7 Å². The fraction of sp³-hybridized carbons (Fsp3) is 0.500. The third kappa shape index (κ3) is 6.07. The monoisotopic (exact) mass is 499 g/mol. The standard InChI is InChI=1S/C20H29N5S.HI/c1-4-21-20(22-10-9-19-24-14-16(3)26-19)23-11-12-25-15(2)13-17-7-5-6-8-18(17)25;/h5-8,14-15H,4,9-13H2,1-3H3,(H2,21,22,23);1H. The van der Waals surface area contributed by atoms with E-state index in [0.29, 0.717) is 6.04 Å². The summed E-state index contributed by atoms with van der Waals surface area (Å²) in [5.74, 6) is 0.890. The Morgan fingerprint density at radius 1 is 1.33 bits per heavy atom. The van der Waals surface area contributed by atoms with Gasteiger partial charge in [0.05, 0.1) is 5.01 Å². The molecule has 0 fully saturated rings. The number of nitrogens with one attached hydrogen (secondary N) is 2. The smallest absolute Gasteiger partial charge is 0.191 e. The highest BCUT2D eigenvalue weighted by atomic mass is 127. The van der Waals surface area contributed by atoms with Crippen LogP contribution in [0, 0.1) is 6.92 Å². The number of nitrogens with zero attached hydrogens (tertiary/aromatic N) is 3.